The zero-order valence-corrected chi connectivity index (χ0v) is 15.8. The lowest BCUT2D eigenvalue weighted by Crippen LogP contribution is -2.44. The summed E-state index contributed by atoms with van der Waals surface area (Å²) in [6.07, 6.45) is 2.75. The van der Waals surface area contributed by atoms with Crippen molar-refractivity contribution < 1.29 is 18.7 Å². The van der Waals surface area contributed by atoms with Gasteiger partial charge in [-0.1, -0.05) is 6.07 Å². The van der Waals surface area contributed by atoms with Gasteiger partial charge in [-0.05, 0) is 50.4 Å². The summed E-state index contributed by atoms with van der Waals surface area (Å²) in [4.78, 5) is 28.4. The van der Waals surface area contributed by atoms with Gasteiger partial charge in [0, 0.05) is 32.7 Å². The second-order valence-electron chi connectivity index (χ2n) is 7.40. The quantitative estimate of drug-likeness (QED) is 0.768. The molecule has 0 radical (unpaired) electrons. The Kier molecular flexibility index (Phi) is 6.44. The van der Waals surface area contributed by atoms with Crippen molar-refractivity contribution in [3.8, 4) is 0 Å². The Balaban J connectivity index is 1.55. The summed E-state index contributed by atoms with van der Waals surface area (Å²) in [6, 6.07) is 4.79. The SMILES string of the molecule is Cc1ccc(N2C[C@H](C(=O)N3CCC(OCCCN)CC3)CC2=O)c(F)c1. The monoisotopic (exact) mass is 377 g/mol. The molecule has 27 heavy (non-hydrogen) atoms. The van der Waals surface area contributed by atoms with Crippen LogP contribution in [0.2, 0.25) is 0 Å². The van der Waals surface area contributed by atoms with E-state index in [1.54, 1.807) is 19.1 Å². The van der Waals surface area contributed by atoms with E-state index in [0.717, 1.165) is 24.8 Å². The number of rotatable bonds is 6. The number of nitrogens with zero attached hydrogens (tertiary/aromatic N) is 2. The Morgan fingerprint density at radius 1 is 1.33 bits per heavy atom. The van der Waals surface area contributed by atoms with Gasteiger partial charge in [0.25, 0.3) is 0 Å². The highest BCUT2D eigenvalue weighted by molar-refractivity contribution is 6.00. The number of halogens is 1. The van der Waals surface area contributed by atoms with E-state index in [1.807, 2.05) is 4.90 Å². The van der Waals surface area contributed by atoms with Crippen LogP contribution < -0.4 is 10.6 Å². The first-order valence-electron chi connectivity index (χ1n) is 9.66. The molecule has 2 amide bonds. The lowest BCUT2D eigenvalue weighted by molar-refractivity contribution is -0.138. The number of aryl methyl sites for hydroxylation is 1. The minimum absolute atomic E-state index is 0.0150. The Hall–Kier alpha value is -1.99. The van der Waals surface area contributed by atoms with Crippen molar-refractivity contribution >= 4 is 17.5 Å². The number of amides is 2. The van der Waals surface area contributed by atoms with E-state index in [-0.39, 0.29) is 36.6 Å². The molecule has 0 bridgehead atoms. The largest absolute Gasteiger partial charge is 0.378 e. The van der Waals surface area contributed by atoms with Crippen molar-refractivity contribution in [3.63, 3.8) is 0 Å². The molecule has 0 saturated carbocycles. The van der Waals surface area contributed by atoms with E-state index < -0.39 is 11.7 Å². The lowest BCUT2D eigenvalue weighted by atomic mass is 10.0. The molecule has 2 saturated heterocycles. The van der Waals surface area contributed by atoms with Crippen LogP contribution in [0.1, 0.15) is 31.2 Å². The molecule has 1 aromatic rings. The van der Waals surface area contributed by atoms with Crippen LogP contribution >= 0.6 is 0 Å². The fourth-order valence-electron chi connectivity index (χ4n) is 3.77. The highest BCUT2D eigenvalue weighted by Gasteiger charge is 2.38. The molecule has 0 spiro atoms. The topological polar surface area (TPSA) is 75.9 Å². The molecule has 1 aromatic carbocycles. The molecule has 0 aliphatic carbocycles. The normalized spacial score (nSPS) is 21.1. The number of hydrogen-bond donors (Lipinski definition) is 1. The molecule has 3 rings (SSSR count). The van der Waals surface area contributed by atoms with E-state index in [1.165, 1.54) is 11.0 Å². The van der Waals surface area contributed by atoms with Crippen molar-refractivity contribution in [3.05, 3.63) is 29.6 Å². The highest BCUT2D eigenvalue weighted by atomic mass is 19.1. The van der Waals surface area contributed by atoms with Crippen molar-refractivity contribution in [1.82, 2.24) is 4.90 Å². The van der Waals surface area contributed by atoms with Gasteiger partial charge in [0.1, 0.15) is 5.82 Å². The average Bonchev–Trinajstić information content (AvgIpc) is 3.03. The number of nitrogens with two attached hydrogens (primary N) is 1. The van der Waals surface area contributed by atoms with E-state index in [0.29, 0.717) is 26.2 Å². The van der Waals surface area contributed by atoms with Gasteiger partial charge in [0.2, 0.25) is 11.8 Å². The van der Waals surface area contributed by atoms with Crippen LogP contribution in [0.4, 0.5) is 10.1 Å². The third-order valence-corrected chi connectivity index (χ3v) is 5.32. The summed E-state index contributed by atoms with van der Waals surface area (Å²) < 4.78 is 20.0. The number of piperidine rings is 1. The fraction of sp³-hybridized carbons (Fsp3) is 0.600. The standard InChI is InChI=1S/C20H28FN3O3/c1-14-3-4-18(17(21)11-14)24-13-15(12-19(24)25)20(26)23-8-5-16(6-9-23)27-10-2-7-22/h3-4,11,15-16H,2,5-10,12-13,22H2,1H3/t15-/m1/s1. The summed E-state index contributed by atoms with van der Waals surface area (Å²) in [6.45, 7) is 4.58. The van der Waals surface area contributed by atoms with Crippen molar-refractivity contribution in [2.45, 2.75) is 38.7 Å². The molecule has 2 fully saturated rings. The van der Waals surface area contributed by atoms with Gasteiger partial charge in [-0.3, -0.25) is 9.59 Å². The number of hydrogen-bond acceptors (Lipinski definition) is 4. The molecule has 1 atom stereocenters. The average molecular weight is 377 g/mol. The molecule has 2 aliphatic heterocycles. The van der Waals surface area contributed by atoms with Crippen LogP contribution in [0.3, 0.4) is 0 Å². The maximum absolute atomic E-state index is 14.2. The Labute approximate surface area is 159 Å². The molecule has 0 unspecified atom stereocenters. The van der Waals surface area contributed by atoms with Crippen molar-refractivity contribution in [2.24, 2.45) is 11.7 Å². The first kappa shape index (κ1) is 19.8. The highest BCUT2D eigenvalue weighted by Crippen LogP contribution is 2.29. The predicted octanol–water partition coefficient (Wildman–Crippen LogP) is 1.84. The van der Waals surface area contributed by atoms with E-state index >= 15 is 0 Å². The Bertz CT molecular complexity index is 689. The van der Waals surface area contributed by atoms with E-state index in [2.05, 4.69) is 0 Å². The fourth-order valence-corrected chi connectivity index (χ4v) is 3.77. The summed E-state index contributed by atoms with van der Waals surface area (Å²) >= 11 is 0. The number of likely N-dealkylation sites (tertiary alicyclic amines) is 1. The second-order valence-corrected chi connectivity index (χ2v) is 7.40. The molecule has 2 aliphatic rings. The predicted molar refractivity (Wildman–Crippen MR) is 101 cm³/mol. The number of anilines is 1. The zero-order valence-electron chi connectivity index (χ0n) is 15.8. The van der Waals surface area contributed by atoms with Crippen molar-refractivity contribution in [1.29, 1.82) is 0 Å². The first-order valence-corrected chi connectivity index (χ1v) is 9.66. The summed E-state index contributed by atoms with van der Waals surface area (Å²) in [5, 5.41) is 0. The molecule has 2 heterocycles. The van der Waals surface area contributed by atoms with Gasteiger partial charge in [-0.15, -0.1) is 0 Å². The van der Waals surface area contributed by atoms with Gasteiger partial charge in [0.15, 0.2) is 0 Å². The lowest BCUT2D eigenvalue weighted by Gasteiger charge is -2.33. The van der Waals surface area contributed by atoms with Gasteiger partial charge in [-0.25, -0.2) is 4.39 Å². The maximum atomic E-state index is 14.2. The number of benzene rings is 1. The van der Waals surface area contributed by atoms with Crippen LogP contribution in [0.25, 0.3) is 0 Å². The smallest absolute Gasteiger partial charge is 0.228 e. The van der Waals surface area contributed by atoms with Crippen LogP contribution in [-0.4, -0.2) is 55.6 Å². The van der Waals surface area contributed by atoms with E-state index in [4.69, 9.17) is 10.5 Å². The van der Waals surface area contributed by atoms with Crippen LogP contribution in [-0.2, 0) is 14.3 Å². The molecule has 7 heteroatoms. The summed E-state index contributed by atoms with van der Waals surface area (Å²) in [5.74, 6) is -1.05. The zero-order chi connectivity index (χ0) is 19.4. The number of ether oxygens (including phenoxy) is 1. The third-order valence-electron chi connectivity index (χ3n) is 5.32. The molecular weight excluding hydrogens is 349 g/mol. The molecule has 148 valence electrons. The maximum Gasteiger partial charge on any atom is 0.228 e. The molecular formula is C20H28FN3O3. The molecule has 6 nitrogen and oxygen atoms in total. The van der Waals surface area contributed by atoms with Crippen molar-refractivity contribution in [2.75, 3.05) is 37.7 Å². The summed E-state index contributed by atoms with van der Waals surface area (Å²) in [7, 11) is 0. The molecule has 0 aromatic heterocycles. The number of carbonyl (C=O) groups is 2. The first-order chi connectivity index (χ1) is 13.0. The van der Waals surface area contributed by atoms with Crippen LogP contribution in [0, 0.1) is 18.7 Å². The Morgan fingerprint density at radius 2 is 2.07 bits per heavy atom. The second kappa shape index (κ2) is 8.80. The molecule has 2 N–H and O–H groups in total. The van der Waals surface area contributed by atoms with Gasteiger partial charge >= 0.3 is 0 Å². The van der Waals surface area contributed by atoms with Gasteiger partial charge in [-0.2, -0.15) is 0 Å². The van der Waals surface area contributed by atoms with Gasteiger partial charge < -0.3 is 20.3 Å². The number of carbonyl (C=O) groups excluding carboxylic acids is 2. The third kappa shape index (κ3) is 4.65. The van der Waals surface area contributed by atoms with Gasteiger partial charge in [0.05, 0.1) is 17.7 Å². The van der Waals surface area contributed by atoms with Crippen LogP contribution in [0.15, 0.2) is 18.2 Å². The Morgan fingerprint density at radius 3 is 2.74 bits per heavy atom. The minimum Gasteiger partial charge on any atom is -0.378 e. The van der Waals surface area contributed by atoms with Crippen LogP contribution in [0.5, 0.6) is 0 Å². The van der Waals surface area contributed by atoms with E-state index in [9.17, 15) is 14.0 Å². The summed E-state index contributed by atoms with van der Waals surface area (Å²) in [5.41, 5.74) is 6.52. The minimum atomic E-state index is -0.424.